The SMILES string of the molecule is CCN(CC(=O)O)C(=O)CSCC(=O)c1ccccc1. The van der Waals surface area contributed by atoms with Crippen LogP contribution in [0.3, 0.4) is 0 Å². The van der Waals surface area contributed by atoms with Crippen molar-refractivity contribution < 1.29 is 19.5 Å². The average molecular weight is 295 g/mol. The quantitative estimate of drug-likeness (QED) is 0.736. The van der Waals surface area contributed by atoms with Gasteiger partial charge in [-0.1, -0.05) is 30.3 Å². The van der Waals surface area contributed by atoms with E-state index < -0.39 is 5.97 Å². The van der Waals surface area contributed by atoms with Crippen LogP contribution >= 0.6 is 11.8 Å². The second kappa shape index (κ2) is 8.37. The molecule has 0 atom stereocenters. The maximum absolute atomic E-state index is 11.8. The molecule has 1 N–H and O–H groups in total. The van der Waals surface area contributed by atoms with Gasteiger partial charge in [0.05, 0.1) is 11.5 Å². The van der Waals surface area contributed by atoms with Crippen molar-refractivity contribution >= 4 is 29.4 Å². The van der Waals surface area contributed by atoms with Gasteiger partial charge < -0.3 is 10.0 Å². The van der Waals surface area contributed by atoms with E-state index in [2.05, 4.69) is 0 Å². The summed E-state index contributed by atoms with van der Waals surface area (Å²) in [7, 11) is 0. The zero-order valence-electron chi connectivity index (χ0n) is 11.2. The standard InChI is InChI=1S/C14H17NO4S/c1-2-15(8-14(18)19)13(17)10-20-9-12(16)11-6-4-3-5-7-11/h3-7H,2,8-10H2,1H3,(H,18,19). The molecule has 1 aromatic rings. The Labute approximate surface area is 122 Å². The van der Waals surface area contributed by atoms with Crippen molar-refractivity contribution in [3.05, 3.63) is 35.9 Å². The monoisotopic (exact) mass is 295 g/mol. The fraction of sp³-hybridized carbons (Fsp3) is 0.357. The fourth-order valence-corrected chi connectivity index (χ4v) is 2.38. The number of hydrogen-bond donors (Lipinski definition) is 1. The van der Waals surface area contributed by atoms with Gasteiger partial charge in [-0.2, -0.15) is 0 Å². The number of nitrogens with zero attached hydrogens (tertiary/aromatic N) is 1. The smallest absolute Gasteiger partial charge is 0.323 e. The van der Waals surface area contributed by atoms with Gasteiger partial charge in [-0.25, -0.2) is 0 Å². The number of benzene rings is 1. The van der Waals surface area contributed by atoms with E-state index in [9.17, 15) is 14.4 Å². The maximum Gasteiger partial charge on any atom is 0.323 e. The van der Waals surface area contributed by atoms with Gasteiger partial charge in [0.2, 0.25) is 5.91 Å². The Morgan fingerprint density at radius 2 is 1.80 bits per heavy atom. The lowest BCUT2D eigenvalue weighted by molar-refractivity contribution is -0.143. The summed E-state index contributed by atoms with van der Waals surface area (Å²) in [6.45, 7) is 1.77. The van der Waals surface area contributed by atoms with E-state index >= 15 is 0 Å². The van der Waals surface area contributed by atoms with Crippen molar-refractivity contribution in [1.82, 2.24) is 4.90 Å². The number of hydrogen-bond acceptors (Lipinski definition) is 4. The van der Waals surface area contributed by atoms with Crippen molar-refractivity contribution in [3.63, 3.8) is 0 Å². The molecule has 0 unspecified atom stereocenters. The molecule has 0 aliphatic rings. The Balaban J connectivity index is 2.38. The molecule has 1 amide bonds. The van der Waals surface area contributed by atoms with Crippen molar-refractivity contribution in [2.24, 2.45) is 0 Å². The summed E-state index contributed by atoms with van der Waals surface area (Å²) in [5, 5.41) is 8.67. The van der Waals surface area contributed by atoms with Crippen LogP contribution in [0, 0.1) is 0 Å². The highest BCUT2D eigenvalue weighted by Crippen LogP contribution is 2.08. The first-order valence-corrected chi connectivity index (χ1v) is 7.35. The molecule has 108 valence electrons. The molecule has 0 aromatic heterocycles. The van der Waals surface area contributed by atoms with Crippen LogP contribution in [0.2, 0.25) is 0 Å². The third-order valence-electron chi connectivity index (χ3n) is 2.62. The summed E-state index contributed by atoms with van der Waals surface area (Å²) in [6.07, 6.45) is 0. The lowest BCUT2D eigenvalue weighted by atomic mass is 10.2. The molecular formula is C14H17NO4S. The van der Waals surface area contributed by atoms with Gasteiger partial charge in [0, 0.05) is 12.1 Å². The van der Waals surface area contributed by atoms with Crippen molar-refractivity contribution in [2.45, 2.75) is 6.92 Å². The third-order valence-corrected chi connectivity index (χ3v) is 3.53. The zero-order chi connectivity index (χ0) is 15.0. The number of thioether (sulfide) groups is 1. The van der Waals surface area contributed by atoms with E-state index in [1.54, 1.807) is 31.2 Å². The highest BCUT2D eigenvalue weighted by atomic mass is 32.2. The Hall–Kier alpha value is -1.82. The number of carboxylic acid groups (broad SMARTS) is 1. The van der Waals surface area contributed by atoms with Crippen molar-refractivity contribution in [3.8, 4) is 0 Å². The second-order valence-corrected chi connectivity index (χ2v) is 5.07. The third kappa shape index (κ3) is 5.44. The normalized spacial score (nSPS) is 10.1. The number of likely N-dealkylation sites (N-methyl/N-ethyl adjacent to an activating group) is 1. The Morgan fingerprint density at radius 1 is 1.15 bits per heavy atom. The number of carbonyl (C=O) groups excluding carboxylic acids is 2. The van der Waals surface area contributed by atoms with Crippen LogP contribution in [0.15, 0.2) is 30.3 Å². The minimum Gasteiger partial charge on any atom is -0.480 e. The van der Waals surface area contributed by atoms with Gasteiger partial charge in [0.25, 0.3) is 0 Å². The summed E-state index contributed by atoms with van der Waals surface area (Å²) >= 11 is 1.20. The van der Waals surface area contributed by atoms with Crippen molar-refractivity contribution in [1.29, 1.82) is 0 Å². The summed E-state index contributed by atoms with van der Waals surface area (Å²) in [6, 6.07) is 8.86. The maximum atomic E-state index is 11.8. The Bertz CT molecular complexity index is 475. The fourth-order valence-electron chi connectivity index (χ4n) is 1.57. The molecule has 0 saturated heterocycles. The molecule has 20 heavy (non-hydrogen) atoms. The molecule has 0 saturated carbocycles. The number of carboxylic acids is 1. The van der Waals surface area contributed by atoms with E-state index in [1.807, 2.05) is 6.07 Å². The lowest BCUT2D eigenvalue weighted by Gasteiger charge is -2.17. The van der Waals surface area contributed by atoms with E-state index in [0.29, 0.717) is 12.1 Å². The number of Topliss-reactive ketones (excluding diaryl/α,β-unsaturated/α-hetero) is 1. The molecule has 0 fully saturated rings. The van der Waals surface area contributed by atoms with Crippen LogP contribution in [0.1, 0.15) is 17.3 Å². The number of amides is 1. The largest absolute Gasteiger partial charge is 0.480 e. The first-order chi connectivity index (χ1) is 9.54. The van der Waals surface area contributed by atoms with Crippen LogP contribution in [-0.2, 0) is 9.59 Å². The second-order valence-electron chi connectivity index (χ2n) is 4.08. The predicted octanol–water partition coefficient (Wildman–Crippen LogP) is 1.54. The minimum atomic E-state index is -1.04. The molecule has 6 heteroatoms. The van der Waals surface area contributed by atoms with Crippen LogP contribution in [-0.4, -0.2) is 52.3 Å². The summed E-state index contributed by atoms with van der Waals surface area (Å²) in [4.78, 5) is 35.4. The molecule has 0 spiro atoms. The molecule has 5 nitrogen and oxygen atoms in total. The summed E-state index contributed by atoms with van der Waals surface area (Å²) < 4.78 is 0. The van der Waals surface area contributed by atoms with Gasteiger partial charge >= 0.3 is 5.97 Å². The average Bonchev–Trinajstić information content (AvgIpc) is 2.45. The zero-order valence-corrected chi connectivity index (χ0v) is 12.1. The van der Waals surface area contributed by atoms with Gasteiger partial charge in [0.1, 0.15) is 6.54 Å². The van der Waals surface area contributed by atoms with E-state index in [1.165, 1.54) is 16.7 Å². The van der Waals surface area contributed by atoms with Crippen LogP contribution in [0.5, 0.6) is 0 Å². The number of carbonyl (C=O) groups is 3. The molecular weight excluding hydrogens is 278 g/mol. The molecule has 1 rings (SSSR count). The topological polar surface area (TPSA) is 74.7 Å². The predicted molar refractivity (Wildman–Crippen MR) is 78.0 cm³/mol. The minimum absolute atomic E-state index is 0.0373. The van der Waals surface area contributed by atoms with E-state index in [-0.39, 0.29) is 29.7 Å². The van der Waals surface area contributed by atoms with Crippen LogP contribution in [0.25, 0.3) is 0 Å². The highest BCUT2D eigenvalue weighted by Gasteiger charge is 2.15. The van der Waals surface area contributed by atoms with Gasteiger partial charge in [-0.15, -0.1) is 11.8 Å². The van der Waals surface area contributed by atoms with Crippen LogP contribution < -0.4 is 0 Å². The molecule has 0 aliphatic carbocycles. The lowest BCUT2D eigenvalue weighted by Crippen LogP contribution is -2.36. The van der Waals surface area contributed by atoms with Gasteiger partial charge in [0.15, 0.2) is 5.78 Å². The molecule has 0 aliphatic heterocycles. The first kappa shape index (κ1) is 16.2. The number of ketones is 1. The Kier molecular flexibility index (Phi) is 6.79. The highest BCUT2D eigenvalue weighted by molar-refractivity contribution is 8.00. The molecule has 0 heterocycles. The van der Waals surface area contributed by atoms with E-state index in [4.69, 9.17) is 5.11 Å². The molecule has 0 bridgehead atoms. The van der Waals surface area contributed by atoms with Gasteiger partial charge in [-0.3, -0.25) is 14.4 Å². The Morgan fingerprint density at radius 3 is 2.35 bits per heavy atom. The summed E-state index contributed by atoms with van der Waals surface area (Å²) in [5.41, 5.74) is 0.616. The number of rotatable bonds is 8. The number of aliphatic carboxylic acids is 1. The first-order valence-electron chi connectivity index (χ1n) is 6.20. The van der Waals surface area contributed by atoms with Crippen LogP contribution in [0.4, 0.5) is 0 Å². The van der Waals surface area contributed by atoms with Crippen molar-refractivity contribution in [2.75, 3.05) is 24.6 Å². The molecule has 1 aromatic carbocycles. The molecule has 0 radical (unpaired) electrons. The van der Waals surface area contributed by atoms with E-state index in [0.717, 1.165) is 0 Å². The summed E-state index contributed by atoms with van der Waals surface area (Å²) in [5.74, 6) is -1.02. The van der Waals surface area contributed by atoms with Gasteiger partial charge in [-0.05, 0) is 6.92 Å².